The Labute approximate surface area is 148 Å². The molecule has 0 aromatic heterocycles. The van der Waals surface area contributed by atoms with Crippen LogP contribution < -0.4 is 5.32 Å². The van der Waals surface area contributed by atoms with Gasteiger partial charge in [0.2, 0.25) is 0 Å². The Morgan fingerprint density at radius 1 is 0.857 bits per heavy atom. The third-order valence-corrected chi connectivity index (χ3v) is 5.43. The number of hydrogen-bond acceptors (Lipinski definition) is 1. The van der Waals surface area contributed by atoms with Gasteiger partial charge in [-0.25, -0.2) is 0 Å². The topological polar surface area (TPSA) is 12.0 Å². The van der Waals surface area contributed by atoms with E-state index in [1.807, 2.05) is 24.3 Å². The summed E-state index contributed by atoms with van der Waals surface area (Å²) in [5.74, 6) is 0. The summed E-state index contributed by atoms with van der Waals surface area (Å²) < 4.78 is 1.08. The second-order valence-electron chi connectivity index (χ2n) is 4.90. The van der Waals surface area contributed by atoms with Gasteiger partial charge in [0, 0.05) is 16.6 Å². The minimum atomic E-state index is 0.0503. The van der Waals surface area contributed by atoms with E-state index in [1.54, 1.807) is 6.07 Å². The van der Waals surface area contributed by atoms with Crippen molar-refractivity contribution < 1.29 is 0 Å². The Hall–Kier alpha value is -0.250. The Balaban J connectivity index is 2.20. The molecule has 0 saturated carbocycles. The lowest BCUT2D eigenvalue weighted by atomic mass is 10.0. The van der Waals surface area contributed by atoms with Gasteiger partial charge in [0.05, 0.1) is 15.1 Å². The quantitative estimate of drug-likeness (QED) is 0.548. The highest BCUT2D eigenvalue weighted by Crippen LogP contribution is 2.36. The van der Waals surface area contributed by atoms with E-state index in [4.69, 9.17) is 34.8 Å². The first kappa shape index (κ1) is 17.1. The second kappa shape index (κ2) is 7.34. The number of hydrogen-bond donors (Lipinski definition) is 1. The maximum Gasteiger partial charge on any atom is 0.0781 e. The monoisotopic (exact) mass is 405 g/mol. The summed E-state index contributed by atoms with van der Waals surface area (Å²) in [5.41, 5.74) is 2.13. The molecule has 1 N–H and O–H groups in total. The molecule has 0 aliphatic carbocycles. The predicted octanol–water partition coefficient (Wildman–Crippen LogP) is 6.82. The van der Waals surface area contributed by atoms with Gasteiger partial charge in [-0.05, 0) is 37.1 Å². The van der Waals surface area contributed by atoms with Gasteiger partial charge < -0.3 is 5.32 Å². The molecule has 5 heteroatoms. The van der Waals surface area contributed by atoms with E-state index in [0.717, 1.165) is 10.0 Å². The first-order chi connectivity index (χ1) is 9.91. The van der Waals surface area contributed by atoms with Gasteiger partial charge in [0.15, 0.2) is 0 Å². The molecule has 0 saturated heterocycles. The fourth-order valence-corrected chi connectivity index (χ4v) is 3.59. The van der Waals surface area contributed by atoms with Crippen LogP contribution in [0.1, 0.15) is 37.1 Å². The van der Waals surface area contributed by atoms with Crippen molar-refractivity contribution >= 4 is 50.7 Å². The van der Waals surface area contributed by atoms with Crippen molar-refractivity contribution in [2.75, 3.05) is 0 Å². The first-order valence-corrected chi connectivity index (χ1v) is 8.48. The van der Waals surface area contributed by atoms with Gasteiger partial charge in [0.1, 0.15) is 0 Å². The molecule has 2 atom stereocenters. The largest absolute Gasteiger partial charge is 0.304 e. The molecule has 1 unspecified atom stereocenters. The zero-order chi connectivity index (χ0) is 15.6. The molecule has 21 heavy (non-hydrogen) atoms. The number of nitrogens with one attached hydrogen (secondary N) is 1. The highest BCUT2D eigenvalue weighted by molar-refractivity contribution is 9.10. The molecule has 0 aliphatic rings. The number of rotatable bonds is 4. The van der Waals surface area contributed by atoms with Crippen LogP contribution in [0, 0.1) is 0 Å². The van der Waals surface area contributed by atoms with Gasteiger partial charge in [-0.3, -0.25) is 0 Å². The van der Waals surface area contributed by atoms with Crippen molar-refractivity contribution in [2.45, 2.75) is 25.9 Å². The van der Waals surface area contributed by atoms with Crippen LogP contribution in [0.3, 0.4) is 0 Å². The Morgan fingerprint density at radius 2 is 1.48 bits per heavy atom. The van der Waals surface area contributed by atoms with Crippen LogP contribution in [-0.2, 0) is 0 Å². The van der Waals surface area contributed by atoms with Gasteiger partial charge in [-0.2, -0.15) is 0 Å². The van der Waals surface area contributed by atoms with E-state index in [9.17, 15) is 0 Å². The Bertz CT molecular complexity index is 645. The third-order valence-electron chi connectivity index (χ3n) is 3.40. The van der Waals surface area contributed by atoms with Crippen molar-refractivity contribution in [1.82, 2.24) is 5.32 Å². The van der Waals surface area contributed by atoms with Crippen molar-refractivity contribution in [1.29, 1.82) is 0 Å². The maximum absolute atomic E-state index is 6.29. The van der Waals surface area contributed by atoms with Crippen LogP contribution in [0.4, 0.5) is 0 Å². The van der Waals surface area contributed by atoms with Crippen molar-refractivity contribution in [3.05, 3.63) is 67.1 Å². The minimum Gasteiger partial charge on any atom is -0.304 e. The lowest BCUT2D eigenvalue weighted by molar-refractivity contribution is 0.493. The zero-order valence-corrected chi connectivity index (χ0v) is 15.5. The summed E-state index contributed by atoms with van der Waals surface area (Å²) in [6, 6.07) is 12.0. The lowest BCUT2D eigenvalue weighted by Crippen LogP contribution is -2.23. The van der Waals surface area contributed by atoms with Gasteiger partial charge >= 0.3 is 0 Å². The molecule has 0 fully saturated rings. The maximum atomic E-state index is 6.29. The SMILES string of the molecule is CC(N[C@@H](C)c1ccccc1Br)c1ccc(Cl)c(Cl)c1Cl. The average molecular weight is 408 g/mol. The smallest absolute Gasteiger partial charge is 0.0781 e. The Kier molecular flexibility index (Phi) is 5.98. The fourth-order valence-electron chi connectivity index (χ4n) is 2.26. The van der Waals surface area contributed by atoms with E-state index < -0.39 is 0 Å². The van der Waals surface area contributed by atoms with Crippen molar-refractivity contribution in [3.8, 4) is 0 Å². The van der Waals surface area contributed by atoms with Gasteiger partial charge in [-0.1, -0.05) is 75.0 Å². The van der Waals surface area contributed by atoms with E-state index in [-0.39, 0.29) is 12.1 Å². The standard InChI is InChI=1S/C16H15BrCl3N/c1-9(11-5-3-4-6-13(11)17)21-10(2)12-7-8-14(18)16(20)15(12)19/h3-10,21H,1-2H3/t9-,10?/m0/s1. The highest BCUT2D eigenvalue weighted by Gasteiger charge is 2.17. The number of halogens is 4. The fraction of sp³-hybridized carbons (Fsp3) is 0.250. The second-order valence-corrected chi connectivity index (χ2v) is 6.91. The molecule has 2 aromatic rings. The van der Waals surface area contributed by atoms with Gasteiger partial charge in [0.25, 0.3) is 0 Å². The molecule has 0 bridgehead atoms. The van der Waals surface area contributed by atoms with Crippen LogP contribution in [0.15, 0.2) is 40.9 Å². The Morgan fingerprint density at radius 3 is 2.14 bits per heavy atom. The van der Waals surface area contributed by atoms with Crippen molar-refractivity contribution in [3.63, 3.8) is 0 Å². The first-order valence-electron chi connectivity index (χ1n) is 6.55. The predicted molar refractivity (Wildman–Crippen MR) is 95.6 cm³/mol. The van der Waals surface area contributed by atoms with Crippen molar-refractivity contribution in [2.24, 2.45) is 0 Å². The molecule has 0 amide bonds. The molecule has 1 nitrogen and oxygen atoms in total. The lowest BCUT2D eigenvalue weighted by Gasteiger charge is -2.23. The molecular formula is C16H15BrCl3N. The summed E-state index contributed by atoms with van der Waals surface area (Å²) in [5, 5.41) is 4.90. The third kappa shape index (κ3) is 3.94. The highest BCUT2D eigenvalue weighted by atomic mass is 79.9. The van der Waals surface area contributed by atoms with E-state index in [2.05, 4.69) is 41.2 Å². The van der Waals surface area contributed by atoms with Crippen LogP contribution in [0.25, 0.3) is 0 Å². The molecule has 0 spiro atoms. The summed E-state index contributed by atoms with van der Waals surface area (Å²) in [6.45, 7) is 4.17. The van der Waals surface area contributed by atoms with Crippen LogP contribution >= 0.6 is 50.7 Å². The molecular weight excluding hydrogens is 392 g/mol. The van der Waals surface area contributed by atoms with Crippen LogP contribution in [0.5, 0.6) is 0 Å². The molecule has 0 aliphatic heterocycles. The number of benzene rings is 2. The molecule has 112 valence electrons. The summed E-state index contributed by atoms with van der Waals surface area (Å²) in [4.78, 5) is 0. The average Bonchev–Trinajstić information content (AvgIpc) is 2.45. The van der Waals surface area contributed by atoms with Gasteiger partial charge in [-0.15, -0.1) is 0 Å². The molecule has 0 heterocycles. The normalized spacial score (nSPS) is 14.0. The molecule has 0 radical (unpaired) electrons. The van der Waals surface area contributed by atoms with E-state index in [0.29, 0.717) is 15.1 Å². The summed E-state index contributed by atoms with van der Waals surface area (Å²) in [6.07, 6.45) is 0. The van der Waals surface area contributed by atoms with E-state index >= 15 is 0 Å². The zero-order valence-electron chi connectivity index (χ0n) is 11.6. The summed E-state index contributed by atoms with van der Waals surface area (Å²) >= 11 is 21.9. The van der Waals surface area contributed by atoms with E-state index in [1.165, 1.54) is 5.56 Å². The summed E-state index contributed by atoms with van der Waals surface area (Å²) in [7, 11) is 0. The van der Waals surface area contributed by atoms with Crippen LogP contribution in [0.2, 0.25) is 15.1 Å². The molecule has 2 rings (SSSR count). The van der Waals surface area contributed by atoms with Crippen LogP contribution in [-0.4, -0.2) is 0 Å². The minimum absolute atomic E-state index is 0.0503. The molecule has 2 aromatic carbocycles.